The van der Waals surface area contributed by atoms with E-state index in [4.69, 9.17) is 0 Å². The first-order valence-corrected chi connectivity index (χ1v) is 25.2. The summed E-state index contributed by atoms with van der Waals surface area (Å²) in [5, 5.41) is 0. The van der Waals surface area contributed by atoms with E-state index in [9.17, 15) is 0 Å². The van der Waals surface area contributed by atoms with Crippen molar-refractivity contribution in [2.75, 3.05) is 0 Å². The number of hydrogen-bond acceptors (Lipinski definition) is 0. The third kappa shape index (κ3) is 363. The van der Waals surface area contributed by atoms with Crippen LogP contribution in [-0.4, -0.2) is 0 Å². The second-order valence-corrected chi connectivity index (χ2v) is 20.6. The van der Waals surface area contributed by atoms with Crippen LogP contribution in [0.15, 0.2) is 0 Å². The van der Waals surface area contributed by atoms with Gasteiger partial charge in [0.05, 0.1) is 0 Å². The second kappa shape index (κ2) is 99.4. The van der Waals surface area contributed by atoms with Crippen LogP contribution in [0.2, 0.25) is 0 Å². The molecule has 0 saturated carbocycles. The Morgan fingerprint density at radius 3 is 0.613 bits per heavy atom. The van der Waals surface area contributed by atoms with Gasteiger partial charge in [-0.3, -0.25) is 0 Å². The van der Waals surface area contributed by atoms with Crippen LogP contribution in [0.25, 0.3) is 0 Å². The summed E-state index contributed by atoms with van der Waals surface area (Å²) in [4.78, 5) is 0. The molecule has 0 aromatic heterocycles. The zero-order valence-corrected chi connectivity index (χ0v) is 46.4. The molecule has 0 N–H and O–H groups in total. The molecule has 0 radical (unpaired) electrons. The molecule has 0 nitrogen and oxygen atoms in total. The molecular weight excluding hydrogens is 745 g/mol. The fourth-order valence-electron chi connectivity index (χ4n) is 3.33. The van der Waals surface area contributed by atoms with E-state index in [2.05, 4.69) is 187 Å². The Kier molecular flexibility index (Phi) is 183. The van der Waals surface area contributed by atoms with Crippen LogP contribution in [0.1, 0.15) is 381 Å². The van der Waals surface area contributed by atoms with E-state index in [0.717, 1.165) is 17.8 Å². The van der Waals surface area contributed by atoms with E-state index >= 15 is 0 Å². The zero-order valence-electron chi connectivity index (χ0n) is 46.4. The quantitative estimate of drug-likeness (QED) is 0.144. The van der Waals surface area contributed by atoms with Crippen LogP contribution in [0.5, 0.6) is 0 Å². The van der Waals surface area contributed by atoms with Gasteiger partial charge in [-0.1, -0.05) is 375 Å². The lowest BCUT2D eigenvalue weighted by atomic mass is 9.84. The Morgan fingerprint density at radius 2 is 0.532 bits per heavy atom. The molecule has 0 aromatic rings. The van der Waals surface area contributed by atoms with Crippen LogP contribution in [-0.2, 0) is 0 Å². The summed E-state index contributed by atoms with van der Waals surface area (Å²) in [7, 11) is 0. The molecule has 406 valence electrons. The molecule has 0 heteroatoms. The first-order chi connectivity index (χ1) is 25.2. The molecule has 1 unspecified atom stereocenters. The molecular formula is C62H158. The SMILES string of the molecule is C.C.C.C.C.C.C.CC.CC(C)(C)C.CC(C)C.CCC.CCC(C)(C)C.CCC(C)CC(C)(C)C.CCCC.CCCCC(C)C.CCCCCCC.CCCCCCCC. The van der Waals surface area contributed by atoms with Crippen molar-refractivity contribution in [2.45, 2.75) is 381 Å². The van der Waals surface area contributed by atoms with Crippen molar-refractivity contribution in [3.63, 3.8) is 0 Å². The van der Waals surface area contributed by atoms with Gasteiger partial charge in [0, 0.05) is 0 Å². The first kappa shape index (κ1) is 114. The van der Waals surface area contributed by atoms with Crippen molar-refractivity contribution in [3.05, 3.63) is 0 Å². The van der Waals surface area contributed by atoms with Gasteiger partial charge in [-0.2, -0.15) is 0 Å². The molecule has 0 spiro atoms. The average Bonchev–Trinajstić information content (AvgIpc) is 3.06. The summed E-state index contributed by atoms with van der Waals surface area (Å²) in [5.41, 5.74) is 1.56. The van der Waals surface area contributed by atoms with Gasteiger partial charge in [0.25, 0.3) is 0 Å². The number of rotatable bonds is 15. The predicted molar refractivity (Wildman–Crippen MR) is 322 cm³/mol. The maximum Gasteiger partial charge on any atom is -0.0380 e. The molecule has 0 aliphatic rings. The minimum absolute atomic E-state index is 0. The molecule has 1 atom stereocenters. The highest BCUT2D eigenvalue weighted by molar-refractivity contribution is 4.64. The highest BCUT2D eigenvalue weighted by atomic mass is 14.2. The van der Waals surface area contributed by atoms with Gasteiger partial charge in [-0.25, -0.2) is 0 Å². The van der Waals surface area contributed by atoms with E-state index in [0.29, 0.717) is 16.2 Å². The maximum absolute atomic E-state index is 2.32. The van der Waals surface area contributed by atoms with Crippen molar-refractivity contribution in [3.8, 4) is 0 Å². The molecule has 0 aliphatic heterocycles. The largest absolute Gasteiger partial charge is 0.0776 e. The Labute approximate surface area is 413 Å². The topological polar surface area (TPSA) is 0 Å². The average molecular weight is 904 g/mol. The lowest BCUT2D eigenvalue weighted by Gasteiger charge is -2.21. The van der Waals surface area contributed by atoms with E-state index in [1.807, 2.05) is 13.8 Å². The fraction of sp³-hybridized carbons (Fsp3) is 1.00. The summed E-state index contributed by atoms with van der Waals surface area (Å²) in [6.07, 6.45) is 27.5. The minimum Gasteiger partial charge on any atom is -0.0776 e. The molecule has 62 heavy (non-hydrogen) atoms. The van der Waals surface area contributed by atoms with Crippen molar-refractivity contribution in [1.29, 1.82) is 0 Å². The van der Waals surface area contributed by atoms with Crippen LogP contribution >= 0.6 is 0 Å². The molecule has 0 rings (SSSR count). The van der Waals surface area contributed by atoms with Crippen molar-refractivity contribution < 1.29 is 0 Å². The molecule has 0 heterocycles. The summed E-state index contributed by atoms with van der Waals surface area (Å²) in [6, 6.07) is 0. The summed E-state index contributed by atoms with van der Waals surface area (Å²) >= 11 is 0. The standard InChI is InChI=1S/C9H20.C8H18.2C7H16.C6H14.C5H12.2C4H10.C3H8.C2H6.7CH4/c1-6-8(2)7-9(3,4)5;1-3-5-7-8-6-4-2;1-4-5-6-7(2)3;1-3-5-7-6-4-2;1-5-6(2,3)4;1-5(2,3)4;1-4(2)3;1-3-4-2;1-3-2;1-2;;;;;;;/h8H,6-7H2,1-5H3;3-8H2,1-2H3;7H,4-6H2,1-3H3;3-7H2,1-2H3;5H2,1-4H3;1-4H3;4H,1-3H3;3-4H2,1-2H3;3H2,1-2H3;1-2H3;7*1H4. The monoisotopic (exact) mass is 903 g/mol. The highest BCUT2D eigenvalue weighted by Crippen LogP contribution is 2.25. The van der Waals surface area contributed by atoms with Crippen LogP contribution < -0.4 is 0 Å². The Balaban J connectivity index is -0.0000000244. The van der Waals surface area contributed by atoms with Crippen LogP contribution in [0.4, 0.5) is 0 Å². The third-order valence-corrected chi connectivity index (χ3v) is 7.02. The van der Waals surface area contributed by atoms with E-state index in [1.165, 1.54) is 128 Å². The minimum atomic E-state index is 0. The van der Waals surface area contributed by atoms with Gasteiger partial charge in [-0.15, -0.1) is 0 Å². The predicted octanol–water partition coefficient (Wildman–Crippen LogP) is 27.5. The summed E-state index contributed by atoms with van der Waals surface area (Å²) in [5.74, 6) is 2.63. The van der Waals surface area contributed by atoms with Gasteiger partial charge in [0.2, 0.25) is 0 Å². The first-order valence-electron chi connectivity index (χ1n) is 25.2. The molecule has 0 amide bonds. The smallest absolute Gasteiger partial charge is 0.0380 e. The molecule has 0 saturated heterocycles. The zero-order chi connectivity index (χ0) is 46.4. The number of unbranched alkanes of at least 4 members (excludes halogenated alkanes) is 11. The van der Waals surface area contributed by atoms with Gasteiger partial charge in [0.1, 0.15) is 0 Å². The fourth-order valence-corrected chi connectivity index (χ4v) is 3.33. The van der Waals surface area contributed by atoms with Crippen molar-refractivity contribution >= 4 is 0 Å². The van der Waals surface area contributed by atoms with Crippen molar-refractivity contribution in [2.24, 2.45) is 34.0 Å². The van der Waals surface area contributed by atoms with E-state index < -0.39 is 0 Å². The Hall–Kier alpha value is 0. The van der Waals surface area contributed by atoms with E-state index in [1.54, 1.807) is 0 Å². The molecule has 0 fully saturated rings. The number of hydrogen-bond donors (Lipinski definition) is 0. The lowest BCUT2D eigenvalue weighted by molar-refractivity contribution is 0.302. The second-order valence-electron chi connectivity index (χ2n) is 20.6. The third-order valence-electron chi connectivity index (χ3n) is 7.02. The van der Waals surface area contributed by atoms with Crippen molar-refractivity contribution in [1.82, 2.24) is 0 Å². The van der Waals surface area contributed by atoms with Crippen LogP contribution in [0, 0.1) is 34.0 Å². The molecule has 0 aromatic carbocycles. The Bertz CT molecular complexity index is 469. The molecule has 0 bridgehead atoms. The van der Waals surface area contributed by atoms with Gasteiger partial charge in [0.15, 0.2) is 0 Å². The summed E-state index contributed by atoms with van der Waals surface area (Å²) < 4.78 is 0. The van der Waals surface area contributed by atoms with E-state index in [-0.39, 0.29) is 52.0 Å². The molecule has 0 aliphatic carbocycles. The summed E-state index contributed by atoms with van der Waals surface area (Å²) in [6.45, 7) is 64.1. The van der Waals surface area contributed by atoms with Gasteiger partial charge < -0.3 is 0 Å². The lowest BCUT2D eigenvalue weighted by Crippen LogP contribution is -2.09. The van der Waals surface area contributed by atoms with Gasteiger partial charge in [-0.05, 0) is 40.4 Å². The normalized spacial score (nSPS) is 9.34. The highest BCUT2D eigenvalue weighted by Gasteiger charge is 2.13. The maximum atomic E-state index is 2.32. The van der Waals surface area contributed by atoms with Crippen LogP contribution in [0.3, 0.4) is 0 Å². The Morgan fingerprint density at radius 1 is 0.339 bits per heavy atom. The van der Waals surface area contributed by atoms with Gasteiger partial charge >= 0.3 is 0 Å².